The van der Waals surface area contributed by atoms with E-state index >= 15 is 0 Å². The van der Waals surface area contributed by atoms with Crippen LogP contribution in [-0.2, 0) is 29.6 Å². The van der Waals surface area contributed by atoms with Crippen LogP contribution in [0, 0.1) is 0 Å². The second-order valence-corrected chi connectivity index (χ2v) is 6.33. The van der Waals surface area contributed by atoms with E-state index in [1.54, 1.807) is 0 Å². The van der Waals surface area contributed by atoms with Crippen LogP contribution < -0.4 is 0 Å². The maximum atomic E-state index is 10.3. The van der Waals surface area contributed by atoms with E-state index in [0.717, 1.165) is 0 Å². The Morgan fingerprint density at radius 1 is 1.00 bits per heavy atom. The summed E-state index contributed by atoms with van der Waals surface area (Å²) in [5, 5.41) is 5.37. The predicted molar refractivity (Wildman–Crippen MR) is 34.7 cm³/mol. The van der Waals surface area contributed by atoms with Crippen molar-refractivity contribution in [1.29, 1.82) is 0 Å². The van der Waals surface area contributed by atoms with Crippen molar-refractivity contribution in [3.8, 4) is 0 Å². The average Bonchev–Trinajstić information content (AvgIpc) is 1.58. The first-order chi connectivity index (χ1) is 4.50. The molecular formula is C2H8O7P2Re. The quantitative estimate of drug-likeness (QED) is 0.381. The molecule has 0 aliphatic carbocycles. The first-order valence-corrected chi connectivity index (χ1v) is 5.56. The SMILES string of the molecule is CC(O)(P(=O)(O)O)P(=O)(O)O.[186Re]. The molecule has 7 nitrogen and oxygen atoms in total. The van der Waals surface area contributed by atoms with Crippen molar-refractivity contribution in [2.24, 2.45) is 0 Å². The van der Waals surface area contributed by atoms with Gasteiger partial charge in [-0.2, -0.15) is 0 Å². The Morgan fingerprint density at radius 3 is 1.17 bits per heavy atom. The smallest absolute Gasteiger partial charge is 0.368 e. The summed E-state index contributed by atoms with van der Waals surface area (Å²) >= 11 is 0. The fraction of sp³-hybridized carbons (Fsp3) is 1.00. The Balaban J connectivity index is 0. The Bertz CT molecular complexity index is 212. The van der Waals surface area contributed by atoms with E-state index in [-0.39, 0.29) is 20.4 Å². The molecule has 0 aromatic rings. The van der Waals surface area contributed by atoms with Crippen LogP contribution in [-0.4, -0.2) is 29.8 Å². The van der Waals surface area contributed by atoms with Crippen LogP contribution in [0.25, 0.3) is 0 Å². The summed E-state index contributed by atoms with van der Waals surface area (Å²) in [5.41, 5.74) is 0. The molecule has 0 bridgehead atoms. The fourth-order valence-corrected chi connectivity index (χ4v) is 1.53. The number of aliphatic hydroxyl groups is 1. The average molecular weight is 392 g/mol. The largest absolute Gasteiger partial charge is 0.369 e. The summed E-state index contributed by atoms with van der Waals surface area (Å²) in [6, 6.07) is 0. The van der Waals surface area contributed by atoms with E-state index in [1.165, 1.54) is 0 Å². The van der Waals surface area contributed by atoms with Gasteiger partial charge in [-0.3, -0.25) is 9.13 Å². The fourth-order valence-electron chi connectivity index (χ4n) is 0.170. The zero-order chi connectivity index (χ0) is 9.50. The molecule has 1 radical (unpaired) electrons. The summed E-state index contributed by atoms with van der Waals surface area (Å²) in [5.74, 6) is 0. The Kier molecular flexibility index (Phi) is 5.10. The first-order valence-electron chi connectivity index (χ1n) is 2.34. The molecule has 0 aliphatic rings. The minimum absolute atomic E-state index is 0. The molecule has 75 valence electrons. The van der Waals surface area contributed by atoms with Crippen molar-refractivity contribution in [2.75, 3.05) is 0 Å². The molecule has 0 saturated carbocycles. The topological polar surface area (TPSA) is 135 Å². The van der Waals surface area contributed by atoms with Gasteiger partial charge in [-0.15, -0.1) is 0 Å². The van der Waals surface area contributed by atoms with Crippen molar-refractivity contribution in [2.45, 2.75) is 12.0 Å². The van der Waals surface area contributed by atoms with Crippen molar-refractivity contribution >= 4 is 15.2 Å². The second kappa shape index (κ2) is 3.97. The van der Waals surface area contributed by atoms with Crippen LogP contribution in [0.5, 0.6) is 0 Å². The summed E-state index contributed by atoms with van der Waals surface area (Å²) < 4.78 is 20.5. The maximum absolute atomic E-state index is 10.3. The van der Waals surface area contributed by atoms with E-state index in [4.69, 9.17) is 24.7 Å². The molecule has 0 rings (SSSR count). The van der Waals surface area contributed by atoms with E-state index in [9.17, 15) is 9.13 Å². The van der Waals surface area contributed by atoms with Crippen molar-refractivity contribution in [3.63, 3.8) is 0 Å². The van der Waals surface area contributed by atoms with Gasteiger partial charge in [0.05, 0.1) is 0 Å². The number of hydrogen-bond donors (Lipinski definition) is 5. The van der Waals surface area contributed by atoms with Gasteiger partial charge in [0.25, 0.3) is 5.08 Å². The standard InChI is InChI=1S/C2H8O7P2.Re/c1-2(3,10(4,5)6)11(7,8)9;/h3H,1H3,(H2,4,5,6)(H2,7,8,9);/i;1+0. The third-order valence-electron chi connectivity index (χ3n) is 1.10. The molecular weight excluding hydrogens is 384 g/mol. The number of hydrogen-bond acceptors (Lipinski definition) is 3. The van der Waals surface area contributed by atoms with E-state index < -0.39 is 20.3 Å². The number of rotatable bonds is 2. The van der Waals surface area contributed by atoms with Crippen LogP contribution in [0.4, 0.5) is 0 Å². The monoisotopic (exact) mass is 392 g/mol. The summed E-state index contributed by atoms with van der Waals surface area (Å²) in [6.07, 6.45) is 0. The molecule has 0 aliphatic heterocycles. The van der Waals surface area contributed by atoms with E-state index in [1.807, 2.05) is 0 Å². The van der Waals surface area contributed by atoms with Gasteiger partial charge in [0.15, 0.2) is 0 Å². The van der Waals surface area contributed by atoms with Crippen LogP contribution in [0.2, 0.25) is 0 Å². The van der Waals surface area contributed by atoms with Crippen LogP contribution in [0.3, 0.4) is 0 Å². The molecule has 0 aromatic heterocycles. The normalized spacial score (nSPS) is 13.8. The summed E-state index contributed by atoms with van der Waals surface area (Å²) in [6.45, 7) is 0.383. The van der Waals surface area contributed by atoms with Gasteiger partial charge in [0.1, 0.15) is 0 Å². The molecule has 0 atom stereocenters. The van der Waals surface area contributed by atoms with Gasteiger partial charge in [-0.1, -0.05) is 0 Å². The van der Waals surface area contributed by atoms with E-state index in [2.05, 4.69) is 0 Å². The van der Waals surface area contributed by atoms with Crippen LogP contribution >= 0.6 is 15.2 Å². The van der Waals surface area contributed by atoms with Gasteiger partial charge in [0.2, 0.25) is 0 Å². The zero-order valence-electron chi connectivity index (χ0n) is 5.82. The Labute approximate surface area is 81.8 Å². The minimum atomic E-state index is -5.20. The molecule has 0 saturated heterocycles. The van der Waals surface area contributed by atoms with Crippen molar-refractivity contribution < 1.29 is 54.2 Å². The third-order valence-corrected chi connectivity index (χ3v) is 4.87. The maximum Gasteiger partial charge on any atom is 0.369 e. The molecule has 5 N–H and O–H groups in total. The second-order valence-electron chi connectivity index (χ2n) is 2.06. The third kappa shape index (κ3) is 3.00. The summed E-state index contributed by atoms with van der Waals surface area (Å²) in [4.78, 5) is 33.0. The Hall–Kier alpha value is 0.922. The zero-order valence-corrected chi connectivity index (χ0v) is 10.3. The van der Waals surface area contributed by atoms with Gasteiger partial charge in [0, 0.05) is 20.4 Å². The van der Waals surface area contributed by atoms with Gasteiger partial charge >= 0.3 is 15.2 Å². The molecule has 0 spiro atoms. The Morgan fingerprint density at radius 2 is 1.17 bits per heavy atom. The van der Waals surface area contributed by atoms with Crippen molar-refractivity contribution in [3.05, 3.63) is 0 Å². The molecule has 12 heavy (non-hydrogen) atoms. The molecule has 0 heterocycles. The van der Waals surface area contributed by atoms with Crippen LogP contribution in [0.15, 0.2) is 0 Å². The van der Waals surface area contributed by atoms with Crippen molar-refractivity contribution in [1.82, 2.24) is 0 Å². The molecule has 0 aromatic carbocycles. The molecule has 10 heteroatoms. The van der Waals surface area contributed by atoms with E-state index in [0.29, 0.717) is 6.92 Å². The predicted octanol–water partition coefficient (Wildman–Crippen LogP) is -0.995. The summed E-state index contributed by atoms with van der Waals surface area (Å²) in [7, 11) is -10.4. The minimum Gasteiger partial charge on any atom is -0.368 e. The van der Waals surface area contributed by atoms with Gasteiger partial charge in [-0.05, 0) is 6.92 Å². The molecule has 0 fully saturated rings. The molecule has 0 amide bonds. The first kappa shape index (κ1) is 15.4. The van der Waals surface area contributed by atoms with Crippen LogP contribution in [0.1, 0.15) is 6.92 Å². The van der Waals surface area contributed by atoms with Gasteiger partial charge < -0.3 is 24.7 Å². The molecule has 0 unspecified atom stereocenters. The van der Waals surface area contributed by atoms with Gasteiger partial charge in [-0.25, -0.2) is 0 Å².